The van der Waals surface area contributed by atoms with Gasteiger partial charge >= 0.3 is 0 Å². The minimum atomic E-state index is -0.721. The SMILES string of the molecule is O=C(NC1CCCCC1)C1=NOC(C(=O)NCc2ccccc2)C1. The number of benzene rings is 1. The Morgan fingerprint density at radius 3 is 2.62 bits per heavy atom. The van der Waals surface area contributed by atoms with Crippen LogP contribution in [0.3, 0.4) is 0 Å². The standard InChI is InChI=1S/C18H23N3O3/c22-17(20-14-9-5-2-6-10-14)15-11-16(24-21-15)18(23)19-12-13-7-3-1-4-8-13/h1,3-4,7-8,14,16H,2,5-6,9-12H2,(H,19,23)(H,20,22). The molecule has 0 spiro atoms. The third-order valence-electron chi connectivity index (χ3n) is 4.47. The van der Waals surface area contributed by atoms with Crippen molar-refractivity contribution in [2.24, 2.45) is 5.16 Å². The summed E-state index contributed by atoms with van der Waals surface area (Å²) in [6, 6.07) is 9.87. The monoisotopic (exact) mass is 329 g/mol. The first-order chi connectivity index (χ1) is 11.7. The van der Waals surface area contributed by atoms with Crippen molar-refractivity contribution < 1.29 is 14.4 Å². The second-order valence-corrected chi connectivity index (χ2v) is 6.35. The smallest absolute Gasteiger partial charge is 0.269 e. The molecule has 0 saturated heterocycles. The molecular weight excluding hydrogens is 306 g/mol. The summed E-state index contributed by atoms with van der Waals surface area (Å²) >= 11 is 0. The number of nitrogens with one attached hydrogen (secondary N) is 2. The maximum absolute atomic E-state index is 12.2. The lowest BCUT2D eigenvalue weighted by molar-refractivity contribution is -0.131. The van der Waals surface area contributed by atoms with Gasteiger partial charge in [0.15, 0.2) is 0 Å². The summed E-state index contributed by atoms with van der Waals surface area (Å²) in [5.41, 5.74) is 1.32. The molecule has 1 aliphatic carbocycles. The highest BCUT2D eigenvalue weighted by atomic mass is 16.6. The summed E-state index contributed by atoms with van der Waals surface area (Å²) in [5, 5.41) is 9.61. The van der Waals surface area contributed by atoms with Crippen LogP contribution in [0.25, 0.3) is 0 Å². The average molecular weight is 329 g/mol. The van der Waals surface area contributed by atoms with E-state index in [1.54, 1.807) is 0 Å². The molecule has 6 nitrogen and oxygen atoms in total. The van der Waals surface area contributed by atoms with Crippen molar-refractivity contribution >= 4 is 17.5 Å². The minimum Gasteiger partial charge on any atom is -0.382 e. The molecule has 128 valence electrons. The van der Waals surface area contributed by atoms with Crippen LogP contribution in [0.2, 0.25) is 0 Å². The van der Waals surface area contributed by atoms with E-state index in [0.717, 1.165) is 31.2 Å². The molecule has 6 heteroatoms. The highest BCUT2D eigenvalue weighted by Gasteiger charge is 2.32. The summed E-state index contributed by atoms with van der Waals surface area (Å²) in [5.74, 6) is -0.455. The number of rotatable bonds is 5. The predicted octanol–water partition coefficient (Wildman–Crippen LogP) is 1.90. The van der Waals surface area contributed by atoms with Crippen molar-refractivity contribution in [3.8, 4) is 0 Å². The Kier molecular flexibility index (Phi) is 5.46. The second kappa shape index (κ2) is 7.95. The molecule has 0 aromatic heterocycles. The van der Waals surface area contributed by atoms with E-state index < -0.39 is 6.10 Å². The number of hydrogen-bond donors (Lipinski definition) is 2. The van der Waals surface area contributed by atoms with Gasteiger partial charge in [-0.05, 0) is 18.4 Å². The summed E-state index contributed by atoms with van der Waals surface area (Å²) in [7, 11) is 0. The third kappa shape index (κ3) is 4.34. The Morgan fingerprint density at radius 1 is 1.12 bits per heavy atom. The van der Waals surface area contributed by atoms with E-state index in [1.165, 1.54) is 6.42 Å². The van der Waals surface area contributed by atoms with Gasteiger partial charge in [0, 0.05) is 19.0 Å². The van der Waals surface area contributed by atoms with Gasteiger partial charge in [-0.1, -0.05) is 54.8 Å². The first-order valence-corrected chi connectivity index (χ1v) is 8.57. The van der Waals surface area contributed by atoms with Gasteiger partial charge in [-0.15, -0.1) is 0 Å². The van der Waals surface area contributed by atoms with E-state index >= 15 is 0 Å². The molecule has 1 saturated carbocycles. The van der Waals surface area contributed by atoms with E-state index in [4.69, 9.17) is 4.84 Å². The van der Waals surface area contributed by atoms with Crippen LogP contribution in [0.5, 0.6) is 0 Å². The minimum absolute atomic E-state index is 0.208. The number of nitrogens with zero attached hydrogens (tertiary/aromatic N) is 1. The molecule has 2 aliphatic rings. The lowest BCUT2D eigenvalue weighted by Gasteiger charge is -2.22. The maximum atomic E-state index is 12.2. The van der Waals surface area contributed by atoms with E-state index in [-0.39, 0.29) is 24.3 Å². The van der Waals surface area contributed by atoms with Crippen molar-refractivity contribution in [3.63, 3.8) is 0 Å². The predicted molar refractivity (Wildman–Crippen MR) is 90.2 cm³/mol. The molecule has 1 heterocycles. The van der Waals surface area contributed by atoms with Gasteiger partial charge in [0.1, 0.15) is 5.71 Å². The fraction of sp³-hybridized carbons (Fsp3) is 0.500. The molecule has 2 N–H and O–H groups in total. The molecule has 1 atom stereocenters. The molecule has 1 fully saturated rings. The van der Waals surface area contributed by atoms with E-state index in [1.807, 2.05) is 30.3 Å². The third-order valence-corrected chi connectivity index (χ3v) is 4.47. The van der Waals surface area contributed by atoms with Crippen molar-refractivity contribution in [3.05, 3.63) is 35.9 Å². The first kappa shape index (κ1) is 16.5. The maximum Gasteiger partial charge on any atom is 0.269 e. The largest absolute Gasteiger partial charge is 0.382 e. The molecule has 1 aromatic rings. The first-order valence-electron chi connectivity index (χ1n) is 8.57. The van der Waals surface area contributed by atoms with Crippen LogP contribution in [0, 0.1) is 0 Å². The van der Waals surface area contributed by atoms with Crippen LogP contribution in [-0.4, -0.2) is 29.7 Å². The Hall–Kier alpha value is -2.37. The summed E-state index contributed by atoms with van der Waals surface area (Å²) < 4.78 is 0. The van der Waals surface area contributed by atoms with Crippen molar-refractivity contribution in [2.45, 2.75) is 57.2 Å². The zero-order valence-corrected chi connectivity index (χ0v) is 13.7. The Balaban J connectivity index is 1.43. The molecule has 1 unspecified atom stereocenters. The molecule has 1 aliphatic heterocycles. The summed E-state index contributed by atoms with van der Waals surface area (Å²) in [4.78, 5) is 29.5. The topological polar surface area (TPSA) is 79.8 Å². The zero-order valence-electron chi connectivity index (χ0n) is 13.7. The molecule has 2 amide bonds. The van der Waals surface area contributed by atoms with Crippen LogP contribution in [0.4, 0.5) is 0 Å². The van der Waals surface area contributed by atoms with E-state index in [2.05, 4.69) is 15.8 Å². The van der Waals surface area contributed by atoms with Gasteiger partial charge < -0.3 is 15.5 Å². The Morgan fingerprint density at radius 2 is 1.88 bits per heavy atom. The van der Waals surface area contributed by atoms with Gasteiger partial charge in [0.2, 0.25) is 6.10 Å². The van der Waals surface area contributed by atoms with E-state index in [9.17, 15) is 9.59 Å². The van der Waals surface area contributed by atoms with Gasteiger partial charge in [0.25, 0.3) is 11.8 Å². The van der Waals surface area contributed by atoms with Gasteiger partial charge in [-0.2, -0.15) is 0 Å². The fourth-order valence-corrected chi connectivity index (χ4v) is 3.07. The summed E-state index contributed by atoms with van der Waals surface area (Å²) in [6.45, 7) is 0.434. The molecule has 0 bridgehead atoms. The second-order valence-electron chi connectivity index (χ2n) is 6.35. The Bertz CT molecular complexity index is 609. The van der Waals surface area contributed by atoms with Crippen LogP contribution in [0.1, 0.15) is 44.1 Å². The lowest BCUT2D eigenvalue weighted by Crippen LogP contribution is -2.41. The van der Waals surface area contributed by atoms with Gasteiger partial charge in [0.05, 0.1) is 0 Å². The van der Waals surface area contributed by atoms with Crippen LogP contribution >= 0.6 is 0 Å². The van der Waals surface area contributed by atoms with Crippen molar-refractivity contribution in [1.82, 2.24) is 10.6 Å². The fourth-order valence-electron chi connectivity index (χ4n) is 3.07. The van der Waals surface area contributed by atoms with Gasteiger partial charge in [-0.25, -0.2) is 0 Å². The molecule has 24 heavy (non-hydrogen) atoms. The van der Waals surface area contributed by atoms with Crippen LogP contribution in [0.15, 0.2) is 35.5 Å². The van der Waals surface area contributed by atoms with Gasteiger partial charge in [-0.3, -0.25) is 9.59 Å². The number of amides is 2. The molecule has 1 aromatic carbocycles. The summed E-state index contributed by atoms with van der Waals surface area (Å²) in [6.07, 6.45) is 5.07. The molecule has 3 rings (SSSR count). The van der Waals surface area contributed by atoms with E-state index in [0.29, 0.717) is 12.3 Å². The van der Waals surface area contributed by atoms with Crippen LogP contribution < -0.4 is 10.6 Å². The number of carbonyl (C=O) groups excluding carboxylic acids is 2. The average Bonchev–Trinajstić information content (AvgIpc) is 3.12. The quantitative estimate of drug-likeness (QED) is 0.866. The highest BCUT2D eigenvalue weighted by molar-refractivity contribution is 6.39. The highest BCUT2D eigenvalue weighted by Crippen LogP contribution is 2.18. The van der Waals surface area contributed by atoms with Crippen LogP contribution in [-0.2, 0) is 21.0 Å². The lowest BCUT2D eigenvalue weighted by atomic mass is 9.95. The molecular formula is C18H23N3O3. The zero-order chi connectivity index (χ0) is 16.8. The molecule has 0 radical (unpaired) electrons. The number of carbonyl (C=O) groups is 2. The number of oxime groups is 1. The van der Waals surface area contributed by atoms with Crippen molar-refractivity contribution in [2.75, 3.05) is 0 Å². The normalized spacial score (nSPS) is 20.8. The van der Waals surface area contributed by atoms with Crippen molar-refractivity contribution in [1.29, 1.82) is 0 Å². The number of hydrogen-bond acceptors (Lipinski definition) is 4. The Labute approximate surface area is 141 Å².